The van der Waals surface area contributed by atoms with Crippen LogP contribution in [0.3, 0.4) is 0 Å². The Labute approximate surface area is 145 Å². The van der Waals surface area contributed by atoms with Crippen molar-refractivity contribution >= 4 is 17.3 Å². The maximum atomic E-state index is 13.9. The quantitative estimate of drug-likeness (QED) is 0.635. The third kappa shape index (κ3) is 4.74. The zero-order valence-electron chi connectivity index (χ0n) is 14.3. The first-order chi connectivity index (χ1) is 11.4. The fourth-order valence-electron chi connectivity index (χ4n) is 2.33. The van der Waals surface area contributed by atoms with Gasteiger partial charge in [0.15, 0.2) is 5.96 Å². The van der Waals surface area contributed by atoms with Crippen LogP contribution >= 0.6 is 11.3 Å². The van der Waals surface area contributed by atoms with Gasteiger partial charge in [-0.1, -0.05) is 6.07 Å². The summed E-state index contributed by atoms with van der Waals surface area (Å²) in [5.41, 5.74) is 1.38. The Kier molecular flexibility index (Phi) is 6.25. The number of nitrogens with one attached hydrogen (secondary N) is 2. The molecule has 0 aliphatic carbocycles. The Morgan fingerprint density at radius 2 is 2.08 bits per heavy atom. The molecule has 0 aliphatic heterocycles. The number of halogens is 2. The number of hydrogen-bond donors (Lipinski definition) is 2. The Bertz CT molecular complexity index is 727. The minimum absolute atomic E-state index is 0.340. The van der Waals surface area contributed by atoms with Crippen molar-refractivity contribution in [1.29, 1.82) is 0 Å². The average Bonchev–Trinajstić information content (AvgIpc) is 2.82. The van der Waals surface area contributed by atoms with Gasteiger partial charge in [0.05, 0.1) is 23.3 Å². The van der Waals surface area contributed by atoms with Crippen LogP contribution in [0.15, 0.2) is 23.2 Å². The number of nitrogens with zero attached hydrogens (tertiary/aromatic N) is 2. The van der Waals surface area contributed by atoms with Gasteiger partial charge in [0, 0.05) is 23.1 Å². The number of thiazole rings is 1. The summed E-state index contributed by atoms with van der Waals surface area (Å²) in [5.74, 6) is -0.570. The molecule has 130 valence electrons. The zero-order valence-corrected chi connectivity index (χ0v) is 15.1. The lowest BCUT2D eigenvalue weighted by atomic mass is 10.1. The van der Waals surface area contributed by atoms with Crippen LogP contribution in [0, 0.1) is 25.5 Å². The molecule has 0 fully saturated rings. The summed E-state index contributed by atoms with van der Waals surface area (Å²) < 4.78 is 26.9. The second-order valence-corrected chi connectivity index (χ2v) is 6.76. The van der Waals surface area contributed by atoms with Crippen LogP contribution in [0.4, 0.5) is 8.78 Å². The molecule has 1 heterocycles. The van der Waals surface area contributed by atoms with E-state index in [1.165, 1.54) is 12.1 Å². The Hall–Kier alpha value is -2.02. The van der Waals surface area contributed by atoms with Gasteiger partial charge in [-0.05, 0) is 33.8 Å². The second-order valence-electron chi connectivity index (χ2n) is 5.47. The van der Waals surface area contributed by atoms with Crippen molar-refractivity contribution in [2.45, 2.75) is 40.3 Å². The van der Waals surface area contributed by atoms with E-state index >= 15 is 0 Å². The molecule has 0 bridgehead atoms. The van der Waals surface area contributed by atoms with Crippen molar-refractivity contribution in [1.82, 2.24) is 15.6 Å². The number of aryl methyl sites for hydroxylation is 2. The van der Waals surface area contributed by atoms with E-state index in [1.54, 1.807) is 11.3 Å². The molecular weight excluding hydrogens is 330 g/mol. The van der Waals surface area contributed by atoms with E-state index in [0.29, 0.717) is 24.6 Å². The van der Waals surface area contributed by atoms with E-state index in [4.69, 9.17) is 0 Å². The van der Waals surface area contributed by atoms with E-state index in [1.807, 2.05) is 27.7 Å². The molecule has 4 nitrogen and oxygen atoms in total. The van der Waals surface area contributed by atoms with Crippen LogP contribution in [-0.4, -0.2) is 17.5 Å². The maximum absolute atomic E-state index is 13.9. The number of rotatable bonds is 5. The van der Waals surface area contributed by atoms with Crippen LogP contribution in [0.25, 0.3) is 0 Å². The second kappa shape index (κ2) is 8.19. The highest BCUT2D eigenvalue weighted by atomic mass is 32.1. The first kappa shape index (κ1) is 18.3. The van der Waals surface area contributed by atoms with Crippen LogP contribution < -0.4 is 10.6 Å². The molecule has 0 aliphatic rings. The van der Waals surface area contributed by atoms with Gasteiger partial charge in [0.25, 0.3) is 0 Å². The van der Waals surface area contributed by atoms with Crippen LogP contribution in [0.1, 0.15) is 41.0 Å². The smallest absolute Gasteiger partial charge is 0.192 e. The number of benzene rings is 1. The van der Waals surface area contributed by atoms with Gasteiger partial charge < -0.3 is 10.6 Å². The lowest BCUT2D eigenvalue weighted by Gasteiger charge is -2.18. The number of guanidine groups is 1. The van der Waals surface area contributed by atoms with Gasteiger partial charge in [-0.25, -0.2) is 18.8 Å². The highest BCUT2D eigenvalue weighted by Gasteiger charge is 2.13. The van der Waals surface area contributed by atoms with Crippen molar-refractivity contribution < 1.29 is 8.78 Å². The molecule has 2 aromatic rings. The van der Waals surface area contributed by atoms with Crippen molar-refractivity contribution in [3.8, 4) is 0 Å². The Morgan fingerprint density at radius 3 is 2.67 bits per heavy atom. The normalized spacial score (nSPS) is 13.0. The molecule has 0 amide bonds. The Morgan fingerprint density at radius 1 is 1.33 bits per heavy atom. The number of aromatic nitrogens is 1. The summed E-state index contributed by atoms with van der Waals surface area (Å²) in [6.45, 7) is 8.89. The largest absolute Gasteiger partial charge is 0.357 e. The van der Waals surface area contributed by atoms with Crippen molar-refractivity contribution in [2.75, 3.05) is 6.54 Å². The summed E-state index contributed by atoms with van der Waals surface area (Å²) in [6.07, 6.45) is 0. The molecule has 2 rings (SSSR count). The van der Waals surface area contributed by atoms with Crippen LogP contribution in [0.5, 0.6) is 0 Å². The van der Waals surface area contributed by atoms with E-state index in [0.717, 1.165) is 21.6 Å². The molecular formula is C17H22F2N4S. The molecule has 2 N–H and O–H groups in total. The summed E-state index contributed by atoms with van der Waals surface area (Å²) >= 11 is 1.62. The van der Waals surface area contributed by atoms with Crippen molar-refractivity contribution in [3.05, 3.63) is 51.0 Å². The lowest BCUT2D eigenvalue weighted by molar-refractivity contribution is 0.551. The number of aliphatic imine (C=N–C) groups is 1. The average molecular weight is 352 g/mol. The van der Waals surface area contributed by atoms with E-state index in [9.17, 15) is 8.78 Å². The zero-order chi connectivity index (χ0) is 17.7. The fourth-order valence-corrected chi connectivity index (χ4v) is 3.19. The molecule has 1 atom stereocenters. The molecule has 0 radical (unpaired) electrons. The molecule has 0 saturated carbocycles. The fraction of sp³-hybridized carbons (Fsp3) is 0.412. The van der Waals surface area contributed by atoms with Gasteiger partial charge in [0.1, 0.15) is 11.6 Å². The minimum atomic E-state index is -0.583. The van der Waals surface area contributed by atoms with Crippen LogP contribution in [-0.2, 0) is 6.54 Å². The van der Waals surface area contributed by atoms with Gasteiger partial charge >= 0.3 is 0 Å². The maximum Gasteiger partial charge on any atom is 0.192 e. The predicted molar refractivity (Wildman–Crippen MR) is 94.3 cm³/mol. The summed E-state index contributed by atoms with van der Waals surface area (Å²) in [6, 6.07) is 3.25. The lowest BCUT2D eigenvalue weighted by Crippen LogP contribution is -2.39. The first-order valence-corrected chi connectivity index (χ1v) is 8.65. The standard InChI is InChI=1S/C17H22F2N4S/c1-5-20-17(21-9-16-11(3)22-12(4)24-16)23-10(2)14-7-6-13(18)8-15(14)19/h6-8,10H,5,9H2,1-4H3,(H2,20,21,23). The first-order valence-electron chi connectivity index (χ1n) is 7.83. The molecule has 0 spiro atoms. The molecule has 1 aromatic carbocycles. The van der Waals surface area contributed by atoms with Gasteiger partial charge in [-0.15, -0.1) is 11.3 Å². The highest BCUT2D eigenvalue weighted by Crippen LogP contribution is 2.19. The molecule has 24 heavy (non-hydrogen) atoms. The van der Waals surface area contributed by atoms with Crippen molar-refractivity contribution in [3.63, 3.8) is 0 Å². The third-order valence-electron chi connectivity index (χ3n) is 3.51. The third-order valence-corrected chi connectivity index (χ3v) is 4.56. The molecule has 1 unspecified atom stereocenters. The van der Waals surface area contributed by atoms with Crippen LogP contribution in [0.2, 0.25) is 0 Å². The predicted octanol–water partition coefficient (Wildman–Crippen LogP) is 3.85. The summed E-state index contributed by atoms with van der Waals surface area (Å²) in [7, 11) is 0. The minimum Gasteiger partial charge on any atom is -0.357 e. The molecule has 1 aromatic heterocycles. The number of hydrogen-bond acceptors (Lipinski definition) is 3. The topological polar surface area (TPSA) is 49.3 Å². The monoisotopic (exact) mass is 352 g/mol. The van der Waals surface area contributed by atoms with Gasteiger partial charge in [0.2, 0.25) is 0 Å². The Balaban J connectivity index is 2.12. The summed E-state index contributed by atoms with van der Waals surface area (Å²) in [5, 5.41) is 7.30. The molecule has 7 heteroatoms. The molecule has 0 saturated heterocycles. The summed E-state index contributed by atoms with van der Waals surface area (Å²) in [4.78, 5) is 10.0. The van der Waals surface area contributed by atoms with E-state index < -0.39 is 11.6 Å². The van der Waals surface area contributed by atoms with E-state index in [2.05, 4.69) is 20.6 Å². The van der Waals surface area contributed by atoms with Crippen molar-refractivity contribution in [2.24, 2.45) is 4.99 Å². The van der Waals surface area contributed by atoms with Gasteiger partial charge in [-0.2, -0.15) is 0 Å². The van der Waals surface area contributed by atoms with E-state index in [-0.39, 0.29) is 6.04 Å². The SMILES string of the molecule is CCNC(=NCc1sc(C)nc1C)NC(C)c1ccc(F)cc1F. The van der Waals surface area contributed by atoms with Gasteiger partial charge in [-0.3, -0.25) is 0 Å². The highest BCUT2D eigenvalue weighted by molar-refractivity contribution is 7.11.